The molecule has 0 saturated carbocycles. The van der Waals surface area contributed by atoms with Crippen LogP contribution in [-0.2, 0) is 20.4 Å². The molecule has 9 heteroatoms. The second kappa shape index (κ2) is 8.00. The van der Waals surface area contributed by atoms with Crippen molar-refractivity contribution in [3.63, 3.8) is 0 Å². The number of hydrogen-bond acceptors (Lipinski definition) is 5. The standard InChI is InChI=1S/C16H18F3NO5/c1-15(2,3)25-14(23)20-8-13(22)24-9-12(21)10-4-6-11(7-5-10)16(17,18)19/h4-7H,8-9H2,1-3H3,(H,20,23). The summed E-state index contributed by atoms with van der Waals surface area (Å²) in [6.45, 7) is 3.78. The summed E-state index contributed by atoms with van der Waals surface area (Å²) in [6, 6.07) is 3.52. The lowest BCUT2D eigenvalue weighted by molar-refractivity contribution is -0.141. The molecule has 0 fully saturated rings. The Morgan fingerprint density at radius 1 is 1.04 bits per heavy atom. The first-order valence-corrected chi connectivity index (χ1v) is 7.21. The molecule has 0 atom stereocenters. The van der Waals surface area contributed by atoms with E-state index < -0.39 is 48.3 Å². The van der Waals surface area contributed by atoms with Gasteiger partial charge in [0.1, 0.15) is 12.1 Å². The first kappa shape index (κ1) is 20.5. The zero-order valence-electron chi connectivity index (χ0n) is 13.9. The Morgan fingerprint density at radius 2 is 1.60 bits per heavy atom. The van der Waals surface area contributed by atoms with E-state index in [1.165, 1.54) is 0 Å². The summed E-state index contributed by atoms with van der Waals surface area (Å²) in [6.07, 6.45) is -5.32. The van der Waals surface area contributed by atoms with Crippen molar-refractivity contribution in [3.8, 4) is 0 Å². The molecular weight excluding hydrogens is 343 g/mol. The molecule has 1 rings (SSSR count). The van der Waals surface area contributed by atoms with Crippen LogP contribution in [-0.4, -0.2) is 36.6 Å². The van der Waals surface area contributed by atoms with Gasteiger partial charge in [0.15, 0.2) is 12.4 Å². The minimum absolute atomic E-state index is 0.0269. The molecule has 0 radical (unpaired) electrons. The molecule has 0 spiro atoms. The number of esters is 1. The summed E-state index contributed by atoms with van der Waals surface area (Å²) < 4.78 is 46.8. The van der Waals surface area contributed by atoms with Crippen molar-refractivity contribution in [3.05, 3.63) is 35.4 Å². The van der Waals surface area contributed by atoms with Gasteiger partial charge in [0.05, 0.1) is 5.56 Å². The predicted octanol–water partition coefficient (Wildman–Crippen LogP) is 2.96. The first-order valence-electron chi connectivity index (χ1n) is 7.21. The highest BCUT2D eigenvalue weighted by atomic mass is 19.4. The van der Waals surface area contributed by atoms with E-state index in [-0.39, 0.29) is 5.56 Å². The molecule has 0 saturated heterocycles. The molecule has 1 aromatic carbocycles. The van der Waals surface area contributed by atoms with Crippen LogP contribution in [0.3, 0.4) is 0 Å². The van der Waals surface area contributed by atoms with Gasteiger partial charge in [-0.2, -0.15) is 13.2 Å². The molecule has 138 valence electrons. The molecule has 1 N–H and O–H groups in total. The van der Waals surface area contributed by atoms with Gasteiger partial charge >= 0.3 is 18.2 Å². The second-order valence-corrected chi connectivity index (χ2v) is 6.01. The van der Waals surface area contributed by atoms with E-state index in [1.54, 1.807) is 20.8 Å². The highest BCUT2D eigenvalue weighted by Gasteiger charge is 2.30. The maximum atomic E-state index is 12.4. The van der Waals surface area contributed by atoms with E-state index in [2.05, 4.69) is 10.1 Å². The van der Waals surface area contributed by atoms with Crippen LogP contribution in [0.2, 0.25) is 0 Å². The van der Waals surface area contributed by atoms with Crippen molar-refractivity contribution >= 4 is 17.8 Å². The minimum Gasteiger partial charge on any atom is -0.456 e. The van der Waals surface area contributed by atoms with E-state index in [1.807, 2.05) is 0 Å². The van der Waals surface area contributed by atoms with Gasteiger partial charge in [-0.15, -0.1) is 0 Å². The van der Waals surface area contributed by atoms with Gasteiger partial charge < -0.3 is 14.8 Å². The number of halogens is 3. The number of carbonyl (C=O) groups excluding carboxylic acids is 3. The third kappa shape index (κ3) is 7.69. The number of alkyl halides is 3. The lowest BCUT2D eigenvalue weighted by Crippen LogP contribution is -2.36. The molecule has 0 bridgehead atoms. The number of rotatable bonds is 5. The number of carbonyl (C=O) groups is 3. The highest BCUT2D eigenvalue weighted by molar-refractivity contribution is 5.98. The number of hydrogen-bond donors (Lipinski definition) is 1. The Kier molecular flexibility index (Phi) is 6.55. The summed E-state index contributed by atoms with van der Waals surface area (Å²) in [5.74, 6) is -1.55. The monoisotopic (exact) mass is 361 g/mol. The van der Waals surface area contributed by atoms with Gasteiger partial charge in [-0.05, 0) is 32.9 Å². The van der Waals surface area contributed by atoms with E-state index in [0.717, 1.165) is 24.3 Å². The molecule has 0 heterocycles. The predicted molar refractivity (Wildman–Crippen MR) is 81.0 cm³/mol. The molecule has 1 aromatic rings. The van der Waals surface area contributed by atoms with Gasteiger partial charge in [0.2, 0.25) is 0 Å². The van der Waals surface area contributed by atoms with Gasteiger partial charge in [-0.25, -0.2) is 4.79 Å². The maximum Gasteiger partial charge on any atom is 0.416 e. The van der Waals surface area contributed by atoms with E-state index in [4.69, 9.17) is 4.74 Å². The van der Waals surface area contributed by atoms with Crippen molar-refractivity contribution in [2.45, 2.75) is 32.5 Å². The molecule has 0 unspecified atom stereocenters. The molecule has 25 heavy (non-hydrogen) atoms. The summed E-state index contributed by atoms with van der Waals surface area (Å²) in [5, 5.41) is 2.15. The summed E-state index contributed by atoms with van der Waals surface area (Å²) in [7, 11) is 0. The fourth-order valence-electron chi connectivity index (χ4n) is 1.58. The average Bonchev–Trinajstić information content (AvgIpc) is 2.48. The molecule has 0 aromatic heterocycles. The zero-order valence-corrected chi connectivity index (χ0v) is 13.9. The van der Waals surface area contributed by atoms with E-state index in [9.17, 15) is 27.6 Å². The lowest BCUT2D eigenvalue weighted by atomic mass is 10.1. The quantitative estimate of drug-likeness (QED) is 0.644. The highest BCUT2D eigenvalue weighted by Crippen LogP contribution is 2.29. The smallest absolute Gasteiger partial charge is 0.416 e. The van der Waals surface area contributed by atoms with Gasteiger partial charge in [-0.1, -0.05) is 12.1 Å². The summed E-state index contributed by atoms with van der Waals surface area (Å²) >= 11 is 0. The van der Waals surface area contributed by atoms with Crippen LogP contribution in [0.5, 0.6) is 0 Å². The van der Waals surface area contributed by atoms with Crippen molar-refractivity contribution in [2.24, 2.45) is 0 Å². The number of alkyl carbamates (subject to hydrolysis) is 1. The van der Waals surface area contributed by atoms with Crippen LogP contribution in [0.1, 0.15) is 36.7 Å². The number of ether oxygens (including phenoxy) is 2. The van der Waals surface area contributed by atoms with E-state index >= 15 is 0 Å². The summed E-state index contributed by atoms with van der Waals surface area (Å²) in [5.41, 5.74) is -1.64. The van der Waals surface area contributed by atoms with Gasteiger partial charge in [0, 0.05) is 5.56 Å². The Balaban J connectivity index is 2.43. The number of nitrogens with one attached hydrogen (secondary N) is 1. The Bertz CT molecular complexity index is 633. The molecule has 1 amide bonds. The van der Waals surface area contributed by atoms with Crippen molar-refractivity contribution in [1.29, 1.82) is 0 Å². The topological polar surface area (TPSA) is 81.7 Å². The molecular formula is C16H18F3NO5. The van der Waals surface area contributed by atoms with Crippen molar-refractivity contribution in [2.75, 3.05) is 13.2 Å². The third-order valence-corrected chi connectivity index (χ3v) is 2.67. The largest absolute Gasteiger partial charge is 0.456 e. The van der Waals surface area contributed by atoms with Crippen LogP contribution in [0.15, 0.2) is 24.3 Å². The molecule has 0 aliphatic heterocycles. The third-order valence-electron chi connectivity index (χ3n) is 2.67. The van der Waals surface area contributed by atoms with Gasteiger partial charge in [0.25, 0.3) is 0 Å². The van der Waals surface area contributed by atoms with Crippen molar-refractivity contribution in [1.82, 2.24) is 5.32 Å². The van der Waals surface area contributed by atoms with E-state index in [0.29, 0.717) is 0 Å². The van der Waals surface area contributed by atoms with Crippen LogP contribution in [0.4, 0.5) is 18.0 Å². The first-order chi connectivity index (χ1) is 11.4. The van der Waals surface area contributed by atoms with Crippen LogP contribution < -0.4 is 5.32 Å². The number of benzene rings is 1. The lowest BCUT2D eigenvalue weighted by Gasteiger charge is -2.19. The summed E-state index contributed by atoms with van der Waals surface area (Å²) in [4.78, 5) is 34.5. The normalized spacial score (nSPS) is 11.6. The zero-order chi connectivity index (χ0) is 19.3. The Hall–Kier alpha value is -2.58. The fraction of sp³-hybridized carbons (Fsp3) is 0.438. The molecule has 6 nitrogen and oxygen atoms in total. The van der Waals surface area contributed by atoms with Crippen molar-refractivity contribution < 1.29 is 37.0 Å². The Labute approximate surface area is 142 Å². The van der Waals surface area contributed by atoms with Crippen LogP contribution >= 0.6 is 0 Å². The number of ketones is 1. The molecule has 0 aliphatic rings. The van der Waals surface area contributed by atoms with Crippen LogP contribution in [0.25, 0.3) is 0 Å². The fourth-order valence-corrected chi connectivity index (χ4v) is 1.58. The van der Waals surface area contributed by atoms with Gasteiger partial charge in [-0.3, -0.25) is 9.59 Å². The average molecular weight is 361 g/mol. The SMILES string of the molecule is CC(C)(C)OC(=O)NCC(=O)OCC(=O)c1ccc(C(F)(F)F)cc1. The second-order valence-electron chi connectivity index (χ2n) is 6.01. The van der Waals surface area contributed by atoms with Crippen LogP contribution in [0, 0.1) is 0 Å². The Morgan fingerprint density at radius 3 is 2.08 bits per heavy atom. The maximum absolute atomic E-state index is 12.4. The number of Topliss-reactive ketones (excluding diaryl/α,β-unsaturated/α-hetero) is 1. The number of amides is 1. The molecule has 0 aliphatic carbocycles. The minimum atomic E-state index is -4.50.